The molecule has 0 amide bonds. The highest BCUT2D eigenvalue weighted by Crippen LogP contribution is 2.39. The Morgan fingerprint density at radius 2 is 0.944 bits per heavy atom. The largest absolute Gasteiger partial charge is 0.373 e. The van der Waals surface area contributed by atoms with Crippen molar-refractivity contribution in [2.45, 2.75) is 61.9 Å². The van der Waals surface area contributed by atoms with Crippen LogP contribution in [0.25, 0.3) is 11.1 Å². The average Bonchev–Trinajstić information content (AvgIpc) is 3.09. The first-order valence-electron chi connectivity index (χ1n) is 12.0. The molecule has 11 heteroatoms. The SMILES string of the molecule is C[C@@H]1CN(S(=O)(=O)c2ccc3c(c2)C(=O)c2cc(S(=O)(=O)N4C[C@@H](C)O[C@@H](C)C4)ccc2-3)C[C@H](C)O1. The van der Waals surface area contributed by atoms with E-state index in [4.69, 9.17) is 9.47 Å². The molecule has 0 bridgehead atoms. The van der Waals surface area contributed by atoms with E-state index < -0.39 is 20.0 Å². The maximum absolute atomic E-state index is 13.4. The molecule has 0 saturated carbocycles. The second kappa shape index (κ2) is 9.00. The predicted molar refractivity (Wildman–Crippen MR) is 133 cm³/mol. The van der Waals surface area contributed by atoms with Gasteiger partial charge in [0.25, 0.3) is 0 Å². The first kappa shape index (κ1) is 25.5. The molecule has 2 aromatic carbocycles. The van der Waals surface area contributed by atoms with Crippen molar-refractivity contribution < 1.29 is 31.1 Å². The Hall–Kier alpha value is -2.15. The molecule has 3 aliphatic rings. The van der Waals surface area contributed by atoms with E-state index in [0.717, 1.165) is 0 Å². The minimum atomic E-state index is -3.83. The zero-order valence-corrected chi connectivity index (χ0v) is 22.3. The van der Waals surface area contributed by atoms with E-state index in [1.807, 2.05) is 27.7 Å². The number of fused-ring (bicyclic) bond motifs is 3. The number of nitrogens with zero attached hydrogens (tertiary/aromatic N) is 2. The van der Waals surface area contributed by atoms with Crippen molar-refractivity contribution >= 4 is 25.8 Å². The molecule has 0 spiro atoms. The van der Waals surface area contributed by atoms with Crippen LogP contribution in [-0.2, 0) is 29.5 Å². The van der Waals surface area contributed by atoms with Crippen LogP contribution in [0.2, 0.25) is 0 Å². The minimum absolute atomic E-state index is 0.0350. The number of morpholine rings is 2. The highest BCUT2D eigenvalue weighted by molar-refractivity contribution is 7.89. The Morgan fingerprint density at radius 1 is 0.611 bits per heavy atom. The van der Waals surface area contributed by atoms with Gasteiger partial charge in [-0.15, -0.1) is 0 Å². The summed E-state index contributed by atoms with van der Waals surface area (Å²) in [6.07, 6.45) is -0.938. The lowest BCUT2D eigenvalue weighted by atomic mass is 10.1. The van der Waals surface area contributed by atoms with E-state index in [2.05, 4.69) is 0 Å². The lowest BCUT2D eigenvalue weighted by Gasteiger charge is -2.34. The standard InChI is InChI=1S/C25H30N2O7S2/c1-15-11-26(12-16(2)33-15)35(29,30)19-5-7-21-22-8-6-20(10-24(22)25(28)23(21)9-19)36(31,32)27-13-17(3)34-18(4)14-27/h5-10,15-18H,11-14H2,1-4H3/t15-,16+,17-,18+. The number of hydrogen-bond donors (Lipinski definition) is 0. The van der Waals surface area contributed by atoms with Crippen LogP contribution >= 0.6 is 0 Å². The first-order valence-corrected chi connectivity index (χ1v) is 14.9. The van der Waals surface area contributed by atoms with Gasteiger partial charge in [0.1, 0.15) is 0 Å². The van der Waals surface area contributed by atoms with Crippen LogP contribution in [0, 0.1) is 0 Å². The molecule has 194 valence electrons. The number of carbonyl (C=O) groups excluding carboxylic acids is 1. The van der Waals surface area contributed by atoms with Crippen LogP contribution < -0.4 is 0 Å². The minimum Gasteiger partial charge on any atom is -0.373 e. The van der Waals surface area contributed by atoms with Crippen LogP contribution in [0.15, 0.2) is 46.2 Å². The van der Waals surface area contributed by atoms with Gasteiger partial charge >= 0.3 is 0 Å². The zero-order chi connectivity index (χ0) is 26.0. The molecule has 5 rings (SSSR count). The van der Waals surface area contributed by atoms with E-state index >= 15 is 0 Å². The fourth-order valence-corrected chi connectivity index (χ4v) is 8.54. The second-order valence-corrected chi connectivity index (χ2v) is 13.8. The van der Waals surface area contributed by atoms with Crippen molar-refractivity contribution in [2.75, 3.05) is 26.2 Å². The zero-order valence-electron chi connectivity index (χ0n) is 20.7. The molecule has 9 nitrogen and oxygen atoms in total. The topological polar surface area (TPSA) is 110 Å². The lowest BCUT2D eigenvalue weighted by molar-refractivity contribution is -0.0442. The van der Waals surface area contributed by atoms with Gasteiger partial charge in [0.2, 0.25) is 20.0 Å². The van der Waals surface area contributed by atoms with E-state index in [-0.39, 0.29) is 77.3 Å². The normalized spacial score (nSPS) is 27.6. The predicted octanol–water partition coefficient (Wildman–Crippen LogP) is 2.49. The fourth-order valence-electron chi connectivity index (χ4n) is 5.31. The number of rotatable bonds is 4. The molecule has 2 fully saturated rings. The molecule has 0 N–H and O–H groups in total. The van der Waals surface area contributed by atoms with Crippen molar-refractivity contribution in [3.8, 4) is 11.1 Å². The molecule has 0 radical (unpaired) electrons. The summed E-state index contributed by atoms with van der Waals surface area (Å²) in [6.45, 7) is 8.23. The van der Waals surface area contributed by atoms with Crippen LogP contribution in [-0.4, -0.2) is 81.8 Å². The lowest BCUT2D eigenvalue weighted by Crippen LogP contribution is -2.48. The highest BCUT2D eigenvalue weighted by atomic mass is 32.2. The Labute approximate surface area is 212 Å². The smallest absolute Gasteiger partial charge is 0.243 e. The molecule has 0 aromatic heterocycles. The molecule has 2 heterocycles. The number of ketones is 1. The number of sulfonamides is 2. The number of ether oxygens (including phenoxy) is 2. The maximum Gasteiger partial charge on any atom is 0.243 e. The fraction of sp³-hybridized carbons (Fsp3) is 0.480. The molecule has 4 atom stereocenters. The van der Waals surface area contributed by atoms with E-state index in [0.29, 0.717) is 11.1 Å². The van der Waals surface area contributed by atoms with Gasteiger partial charge in [-0.3, -0.25) is 4.79 Å². The van der Waals surface area contributed by atoms with Gasteiger partial charge in [-0.1, -0.05) is 12.1 Å². The number of hydrogen-bond acceptors (Lipinski definition) is 7. The quantitative estimate of drug-likeness (QED) is 0.506. The summed E-state index contributed by atoms with van der Waals surface area (Å²) in [5, 5.41) is 0. The van der Waals surface area contributed by atoms with Crippen molar-refractivity contribution in [3.05, 3.63) is 47.5 Å². The Morgan fingerprint density at radius 3 is 1.28 bits per heavy atom. The van der Waals surface area contributed by atoms with E-state index in [9.17, 15) is 21.6 Å². The monoisotopic (exact) mass is 534 g/mol. The Balaban J connectivity index is 1.47. The molecular weight excluding hydrogens is 504 g/mol. The molecule has 1 aliphatic carbocycles. The summed E-state index contributed by atoms with van der Waals surface area (Å²) in [4.78, 5) is 13.4. The molecule has 2 saturated heterocycles. The number of carbonyl (C=O) groups is 1. The van der Waals surface area contributed by atoms with Crippen molar-refractivity contribution in [3.63, 3.8) is 0 Å². The third kappa shape index (κ3) is 4.31. The van der Waals surface area contributed by atoms with Gasteiger partial charge in [-0.2, -0.15) is 8.61 Å². The van der Waals surface area contributed by atoms with Gasteiger partial charge in [0.15, 0.2) is 5.78 Å². The van der Waals surface area contributed by atoms with Gasteiger partial charge in [-0.05, 0) is 63.1 Å². The van der Waals surface area contributed by atoms with Crippen molar-refractivity contribution in [2.24, 2.45) is 0 Å². The average molecular weight is 535 g/mol. The second-order valence-electron chi connectivity index (χ2n) is 9.90. The number of benzene rings is 2. The van der Waals surface area contributed by atoms with Crippen LogP contribution in [0.1, 0.15) is 43.6 Å². The summed E-state index contributed by atoms with van der Waals surface area (Å²) in [6, 6.07) is 9.05. The third-order valence-corrected chi connectivity index (χ3v) is 10.5. The summed E-state index contributed by atoms with van der Waals surface area (Å²) >= 11 is 0. The summed E-state index contributed by atoms with van der Waals surface area (Å²) in [5.41, 5.74) is 1.69. The Bertz CT molecular complexity index is 1310. The van der Waals surface area contributed by atoms with Crippen molar-refractivity contribution in [1.29, 1.82) is 0 Å². The molecular formula is C25H30N2O7S2. The van der Waals surface area contributed by atoms with E-state index in [1.165, 1.54) is 32.9 Å². The molecule has 0 unspecified atom stereocenters. The summed E-state index contributed by atoms with van der Waals surface area (Å²) in [7, 11) is -7.66. The molecule has 2 aliphatic heterocycles. The van der Waals surface area contributed by atoms with Crippen molar-refractivity contribution in [1.82, 2.24) is 8.61 Å². The van der Waals surface area contributed by atoms with Gasteiger partial charge < -0.3 is 9.47 Å². The first-order chi connectivity index (χ1) is 16.9. The van der Waals surface area contributed by atoms with Crippen LogP contribution in [0.5, 0.6) is 0 Å². The summed E-state index contributed by atoms with van der Waals surface area (Å²) in [5.74, 6) is -0.387. The van der Waals surface area contributed by atoms with E-state index in [1.54, 1.807) is 12.1 Å². The Kier molecular flexibility index (Phi) is 6.37. The van der Waals surface area contributed by atoms with Crippen LogP contribution in [0.4, 0.5) is 0 Å². The van der Waals surface area contributed by atoms with Gasteiger partial charge in [0, 0.05) is 37.3 Å². The molecule has 36 heavy (non-hydrogen) atoms. The third-order valence-electron chi connectivity index (χ3n) is 6.81. The summed E-state index contributed by atoms with van der Waals surface area (Å²) < 4.78 is 67.4. The van der Waals surface area contributed by atoms with Gasteiger partial charge in [-0.25, -0.2) is 16.8 Å². The van der Waals surface area contributed by atoms with Gasteiger partial charge in [0.05, 0.1) is 34.2 Å². The highest BCUT2D eigenvalue weighted by Gasteiger charge is 2.37. The molecule has 2 aromatic rings. The van der Waals surface area contributed by atoms with Crippen LogP contribution in [0.3, 0.4) is 0 Å². The maximum atomic E-state index is 13.4.